The summed E-state index contributed by atoms with van der Waals surface area (Å²) in [6.07, 6.45) is 0. The first-order chi connectivity index (χ1) is 8.90. The van der Waals surface area contributed by atoms with Crippen molar-refractivity contribution in [3.05, 3.63) is 29.0 Å². The average molecular weight is 288 g/mol. The smallest absolute Gasteiger partial charge is 0.313 e. The first kappa shape index (κ1) is 15.4. The van der Waals surface area contributed by atoms with Gasteiger partial charge < -0.3 is 15.5 Å². The first-order valence-electron chi connectivity index (χ1n) is 5.59. The number of rotatable bonds is 4. The maximum absolute atomic E-state index is 12.9. The van der Waals surface area contributed by atoms with E-state index in [9.17, 15) is 14.0 Å². The highest BCUT2D eigenvalue weighted by Crippen LogP contribution is 2.19. The Morgan fingerprint density at radius 3 is 2.58 bits per heavy atom. The molecule has 0 unspecified atom stereocenters. The summed E-state index contributed by atoms with van der Waals surface area (Å²) in [4.78, 5) is 24.8. The number of hydrogen-bond acceptors (Lipinski definition) is 3. The predicted octanol–water partition coefficient (Wildman–Crippen LogP) is 1.10. The maximum Gasteiger partial charge on any atom is 0.313 e. The zero-order chi connectivity index (χ0) is 14.4. The van der Waals surface area contributed by atoms with Crippen LogP contribution in [0.15, 0.2) is 18.2 Å². The fourth-order valence-electron chi connectivity index (χ4n) is 1.24. The summed E-state index contributed by atoms with van der Waals surface area (Å²) in [5.74, 6) is -2.15. The van der Waals surface area contributed by atoms with Crippen LogP contribution in [0.5, 0.6) is 0 Å². The standard InChI is InChI=1S/C12H15ClFN3O2/c1-17(2)6-5-15-11(18)12(19)16-8-3-4-10(14)9(13)7-8/h3-4,7H,5-6H2,1-2H3,(H,15,18)(H,16,19). The number of carbonyl (C=O) groups is 2. The Kier molecular flexibility index (Phi) is 5.72. The lowest BCUT2D eigenvalue weighted by Gasteiger charge is -2.10. The van der Waals surface area contributed by atoms with Crippen molar-refractivity contribution in [3.8, 4) is 0 Å². The van der Waals surface area contributed by atoms with Crippen LogP contribution >= 0.6 is 11.6 Å². The second kappa shape index (κ2) is 7.06. The van der Waals surface area contributed by atoms with Crippen molar-refractivity contribution in [1.29, 1.82) is 0 Å². The van der Waals surface area contributed by atoms with Gasteiger partial charge in [0.15, 0.2) is 0 Å². The van der Waals surface area contributed by atoms with Crippen LogP contribution in [-0.2, 0) is 9.59 Å². The molecular formula is C12H15ClFN3O2. The SMILES string of the molecule is CN(C)CCNC(=O)C(=O)Nc1ccc(F)c(Cl)c1. The van der Waals surface area contributed by atoms with Gasteiger partial charge in [-0.15, -0.1) is 0 Å². The first-order valence-corrected chi connectivity index (χ1v) is 5.97. The topological polar surface area (TPSA) is 61.4 Å². The van der Waals surface area contributed by atoms with E-state index in [1.807, 2.05) is 19.0 Å². The second-order valence-electron chi connectivity index (χ2n) is 4.14. The van der Waals surface area contributed by atoms with Gasteiger partial charge in [-0.3, -0.25) is 9.59 Å². The van der Waals surface area contributed by atoms with Gasteiger partial charge in [0, 0.05) is 18.8 Å². The Bertz CT molecular complexity index is 480. The van der Waals surface area contributed by atoms with Crippen molar-refractivity contribution < 1.29 is 14.0 Å². The number of benzene rings is 1. The number of halogens is 2. The van der Waals surface area contributed by atoms with Crippen LogP contribution in [0, 0.1) is 5.82 Å². The minimum Gasteiger partial charge on any atom is -0.347 e. The molecule has 104 valence electrons. The van der Waals surface area contributed by atoms with Crippen molar-refractivity contribution in [2.45, 2.75) is 0 Å². The molecule has 0 heterocycles. The molecule has 0 aliphatic carbocycles. The van der Waals surface area contributed by atoms with E-state index < -0.39 is 17.6 Å². The summed E-state index contributed by atoms with van der Waals surface area (Å²) < 4.78 is 12.9. The molecule has 2 amide bonds. The summed E-state index contributed by atoms with van der Waals surface area (Å²) in [6, 6.07) is 3.68. The molecule has 0 radical (unpaired) electrons. The molecular weight excluding hydrogens is 273 g/mol. The molecule has 1 aromatic carbocycles. The van der Waals surface area contributed by atoms with Crippen LogP contribution in [0.1, 0.15) is 0 Å². The predicted molar refractivity (Wildman–Crippen MR) is 71.6 cm³/mol. The minimum absolute atomic E-state index is 0.120. The van der Waals surface area contributed by atoms with Gasteiger partial charge in [0.1, 0.15) is 5.82 Å². The molecule has 1 aromatic rings. The number of carbonyl (C=O) groups excluding carboxylic acids is 2. The number of likely N-dealkylation sites (N-methyl/N-ethyl adjacent to an activating group) is 1. The summed E-state index contributed by atoms with van der Waals surface area (Å²) >= 11 is 5.56. The molecule has 1 rings (SSSR count). The van der Waals surface area contributed by atoms with Crippen LogP contribution in [-0.4, -0.2) is 43.9 Å². The zero-order valence-electron chi connectivity index (χ0n) is 10.7. The van der Waals surface area contributed by atoms with E-state index in [4.69, 9.17) is 11.6 Å². The largest absolute Gasteiger partial charge is 0.347 e. The number of nitrogens with zero attached hydrogens (tertiary/aromatic N) is 1. The molecule has 0 aliphatic rings. The number of amides is 2. The molecule has 2 N–H and O–H groups in total. The summed E-state index contributed by atoms with van der Waals surface area (Å²) in [5.41, 5.74) is 0.263. The quantitative estimate of drug-likeness (QED) is 0.815. The summed E-state index contributed by atoms with van der Waals surface area (Å²) in [5, 5.41) is 4.67. The van der Waals surface area contributed by atoms with Gasteiger partial charge in [-0.05, 0) is 32.3 Å². The van der Waals surface area contributed by atoms with Gasteiger partial charge in [0.05, 0.1) is 5.02 Å². The third-order valence-electron chi connectivity index (χ3n) is 2.23. The molecule has 0 atom stereocenters. The van der Waals surface area contributed by atoms with Crippen LogP contribution in [0.25, 0.3) is 0 Å². The lowest BCUT2D eigenvalue weighted by Crippen LogP contribution is -2.38. The lowest BCUT2D eigenvalue weighted by molar-refractivity contribution is -0.136. The maximum atomic E-state index is 12.9. The molecule has 0 aliphatic heterocycles. The van der Waals surface area contributed by atoms with E-state index in [2.05, 4.69) is 10.6 Å². The fourth-order valence-corrected chi connectivity index (χ4v) is 1.42. The second-order valence-corrected chi connectivity index (χ2v) is 4.55. The highest BCUT2D eigenvalue weighted by atomic mass is 35.5. The molecule has 0 aromatic heterocycles. The molecule has 0 spiro atoms. The molecule has 7 heteroatoms. The zero-order valence-corrected chi connectivity index (χ0v) is 11.4. The van der Waals surface area contributed by atoms with E-state index in [1.54, 1.807) is 0 Å². The van der Waals surface area contributed by atoms with E-state index in [0.29, 0.717) is 13.1 Å². The Balaban J connectivity index is 2.49. The number of nitrogens with one attached hydrogen (secondary N) is 2. The van der Waals surface area contributed by atoms with E-state index in [1.165, 1.54) is 12.1 Å². The van der Waals surface area contributed by atoms with Crippen molar-refractivity contribution in [3.63, 3.8) is 0 Å². The molecule has 19 heavy (non-hydrogen) atoms. The van der Waals surface area contributed by atoms with Crippen molar-refractivity contribution >= 4 is 29.1 Å². The van der Waals surface area contributed by atoms with Crippen molar-refractivity contribution in [2.75, 3.05) is 32.5 Å². The van der Waals surface area contributed by atoms with Gasteiger partial charge in [-0.2, -0.15) is 0 Å². The Morgan fingerprint density at radius 1 is 1.32 bits per heavy atom. The van der Waals surface area contributed by atoms with Gasteiger partial charge in [-0.1, -0.05) is 11.6 Å². The Labute approximate surface area is 115 Å². The third-order valence-corrected chi connectivity index (χ3v) is 2.52. The normalized spacial score (nSPS) is 10.4. The van der Waals surface area contributed by atoms with E-state index in [0.717, 1.165) is 6.07 Å². The van der Waals surface area contributed by atoms with Crippen molar-refractivity contribution in [2.24, 2.45) is 0 Å². The molecule has 0 fully saturated rings. The third kappa shape index (κ3) is 5.23. The van der Waals surface area contributed by atoms with Gasteiger partial charge >= 0.3 is 11.8 Å². The highest BCUT2D eigenvalue weighted by molar-refractivity contribution is 6.39. The van der Waals surface area contributed by atoms with E-state index in [-0.39, 0.29) is 10.7 Å². The summed E-state index contributed by atoms with van der Waals surface area (Å²) in [6.45, 7) is 0.991. The Morgan fingerprint density at radius 2 is 2.00 bits per heavy atom. The minimum atomic E-state index is -0.818. The number of hydrogen-bond donors (Lipinski definition) is 2. The molecule has 0 bridgehead atoms. The average Bonchev–Trinajstić information content (AvgIpc) is 2.33. The van der Waals surface area contributed by atoms with Crippen LogP contribution in [0.2, 0.25) is 5.02 Å². The fraction of sp³-hybridized carbons (Fsp3) is 0.333. The molecule has 0 saturated carbocycles. The van der Waals surface area contributed by atoms with Crippen LogP contribution in [0.4, 0.5) is 10.1 Å². The highest BCUT2D eigenvalue weighted by Gasteiger charge is 2.13. The van der Waals surface area contributed by atoms with Gasteiger partial charge in [0.2, 0.25) is 0 Å². The molecule has 5 nitrogen and oxygen atoms in total. The summed E-state index contributed by atoms with van der Waals surface area (Å²) in [7, 11) is 3.71. The number of anilines is 1. The Hall–Kier alpha value is -1.66. The van der Waals surface area contributed by atoms with Gasteiger partial charge in [-0.25, -0.2) is 4.39 Å². The molecule has 0 saturated heterocycles. The van der Waals surface area contributed by atoms with Gasteiger partial charge in [0.25, 0.3) is 0 Å². The van der Waals surface area contributed by atoms with Crippen LogP contribution in [0.3, 0.4) is 0 Å². The van der Waals surface area contributed by atoms with Crippen molar-refractivity contribution in [1.82, 2.24) is 10.2 Å². The van der Waals surface area contributed by atoms with Crippen LogP contribution < -0.4 is 10.6 Å². The monoisotopic (exact) mass is 287 g/mol. The van der Waals surface area contributed by atoms with E-state index >= 15 is 0 Å². The lowest BCUT2D eigenvalue weighted by atomic mass is 10.3.